The Hall–Kier alpha value is -2.42. The van der Waals surface area contributed by atoms with Crippen molar-refractivity contribution in [3.8, 4) is 0 Å². The molecule has 0 aliphatic rings. The van der Waals surface area contributed by atoms with Gasteiger partial charge in [-0.05, 0) is 71.5 Å². The molecule has 0 bridgehead atoms. The molecule has 0 radical (unpaired) electrons. The van der Waals surface area contributed by atoms with Crippen molar-refractivity contribution in [3.63, 3.8) is 0 Å². The number of rotatable bonds is 8. The van der Waals surface area contributed by atoms with Crippen molar-refractivity contribution in [2.24, 2.45) is 0 Å². The summed E-state index contributed by atoms with van der Waals surface area (Å²) in [5.41, 5.74) is 1.37. The topological polar surface area (TPSA) is 29.5 Å². The summed E-state index contributed by atoms with van der Waals surface area (Å²) in [6.07, 6.45) is 12.0. The van der Waals surface area contributed by atoms with Gasteiger partial charge in [-0.15, -0.1) is 0 Å². The van der Waals surface area contributed by atoms with Crippen LogP contribution in [-0.4, -0.2) is 18.0 Å². The van der Waals surface area contributed by atoms with E-state index in [2.05, 4.69) is 60.7 Å². The Morgan fingerprint density at radius 3 is 2.56 bits per heavy atom. The second-order valence-corrected chi connectivity index (χ2v) is 6.77. The minimum Gasteiger partial charge on any atom is -0.365 e. The highest BCUT2D eigenvalue weighted by molar-refractivity contribution is 6.10. The Morgan fingerprint density at radius 2 is 1.78 bits per heavy atom. The van der Waals surface area contributed by atoms with E-state index in [0.717, 1.165) is 19.3 Å². The molecular weight excluding hydrogens is 332 g/mol. The van der Waals surface area contributed by atoms with E-state index in [9.17, 15) is 5.11 Å². The molecule has 27 heavy (non-hydrogen) atoms. The van der Waals surface area contributed by atoms with Gasteiger partial charge in [-0.2, -0.15) is 0 Å². The molecule has 1 unspecified atom stereocenters. The zero-order valence-electron chi connectivity index (χ0n) is 16.2. The standard InChI is InChI=1S/C25H28O2/c1-3-5-15-22-20(11-6-7-17-27-24(26)10-4-2)18-21-14-8-12-19-13-9-16-23(22)25(19)21/h3-5,8-10,12-16,18,24,26H,6-7,11,17H2,1-2H3/b5-3-,10-4-,22-15-. The summed E-state index contributed by atoms with van der Waals surface area (Å²) in [5.74, 6) is 0. The molecule has 0 spiro atoms. The maximum absolute atomic E-state index is 9.59. The van der Waals surface area contributed by atoms with Gasteiger partial charge in [0.05, 0.1) is 6.61 Å². The summed E-state index contributed by atoms with van der Waals surface area (Å²) in [5, 5.41) is 16.2. The van der Waals surface area contributed by atoms with Crippen molar-refractivity contribution in [1.29, 1.82) is 0 Å². The van der Waals surface area contributed by atoms with Gasteiger partial charge < -0.3 is 9.84 Å². The lowest BCUT2D eigenvalue weighted by atomic mass is 9.93. The Bertz CT molecular complexity index is 993. The van der Waals surface area contributed by atoms with Gasteiger partial charge in [0.15, 0.2) is 6.29 Å². The zero-order valence-corrected chi connectivity index (χ0v) is 16.2. The molecule has 3 aromatic carbocycles. The minimum absolute atomic E-state index is 0.568. The molecule has 140 valence electrons. The number of allylic oxidation sites excluding steroid dienone is 3. The Kier molecular flexibility index (Phi) is 6.80. The average molecular weight is 360 g/mol. The van der Waals surface area contributed by atoms with Gasteiger partial charge in [-0.1, -0.05) is 66.8 Å². The summed E-state index contributed by atoms with van der Waals surface area (Å²) in [6.45, 7) is 4.49. The van der Waals surface area contributed by atoms with Crippen LogP contribution in [0.1, 0.15) is 32.3 Å². The number of unbranched alkanes of at least 4 members (excludes halogenated alkanes) is 1. The van der Waals surface area contributed by atoms with Gasteiger partial charge in [0.25, 0.3) is 0 Å². The summed E-state index contributed by atoms with van der Waals surface area (Å²) in [4.78, 5) is 0. The number of aryl methyl sites for hydroxylation is 1. The van der Waals surface area contributed by atoms with E-state index in [4.69, 9.17) is 4.74 Å². The SMILES string of the molecule is C/C=C\C=c1\c(CCCCOC(O)/C=C\C)cc2cccc3cccc1c32. The third-order valence-corrected chi connectivity index (χ3v) is 4.84. The molecule has 0 saturated carbocycles. The van der Waals surface area contributed by atoms with E-state index in [1.165, 1.54) is 32.3 Å². The Labute approximate surface area is 161 Å². The van der Waals surface area contributed by atoms with Crippen LogP contribution in [-0.2, 0) is 11.2 Å². The highest BCUT2D eigenvalue weighted by Crippen LogP contribution is 2.26. The molecule has 0 aliphatic carbocycles. The van der Waals surface area contributed by atoms with Crippen LogP contribution in [0.15, 0.2) is 66.8 Å². The lowest BCUT2D eigenvalue weighted by molar-refractivity contribution is -0.0650. The molecule has 0 saturated heterocycles. The molecule has 2 nitrogen and oxygen atoms in total. The van der Waals surface area contributed by atoms with E-state index >= 15 is 0 Å². The molecule has 0 aliphatic heterocycles. The monoisotopic (exact) mass is 360 g/mol. The number of hydrogen-bond acceptors (Lipinski definition) is 2. The van der Waals surface area contributed by atoms with Gasteiger partial charge in [0.1, 0.15) is 0 Å². The number of ether oxygens (including phenoxy) is 1. The average Bonchev–Trinajstić information content (AvgIpc) is 2.68. The quantitative estimate of drug-likeness (QED) is 0.335. The number of hydrogen-bond donors (Lipinski definition) is 1. The van der Waals surface area contributed by atoms with Crippen LogP contribution in [0.2, 0.25) is 0 Å². The molecule has 3 aromatic rings. The van der Waals surface area contributed by atoms with Gasteiger partial charge in [0.2, 0.25) is 0 Å². The fraction of sp³-hybridized carbons (Fsp3) is 0.280. The molecule has 3 rings (SSSR count). The highest BCUT2D eigenvalue weighted by Gasteiger charge is 2.07. The van der Waals surface area contributed by atoms with E-state index in [-0.39, 0.29) is 0 Å². The van der Waals surface area contributed by atoms with Crippen molar-refractivity contribution in [3.05, 3.63) is 77.6 Å². The Morgan fingerprint density at radius 1 is 1.00 bits per heavy atom. The minimum atomic E-state index is -0.793. The van der Waals surface area contributed by atoms with E-state index in [0.29, 0.717) is 6.61 Å². The van der Waals surface area contributed by atoms with Crippen LogP contribution < -0.4 is 5.22 Å². The predicted molar refractivity (Wildman–Crippen MR) is 116 cm³/mol. The van der Waals surface area contributed by atoms with Crippen LogP contribution in [0.5, 0.6) is 0 Å². The van der Waals surface area contributed by atoms with Crippen molar-refractivity contribution >= 4 is 27.6 Å². The lowest BCUT2D eigenvalue weighted by Crippen LogP contribution is -2.12. The fourth-order valence-electron chi connectivity index (χ4n) is 3.59. The molecule has 1 N–H and O–H groups in total. The van der Waals surface area contributed by atoms with E-state index in [1.54, 1.807) is 12.2 Å². The normalized spacial score (nSPS) is 14.3. The van der Waals surface area contributed by atoms with Crippen molar-refractivity contribution in [1.82, 2.24) is 0 Å². The summed E-state index contributed by atoms with van der Waals surface area (Å²) in [7, 11) is 0. The molecule has 0 fully saturated rings. The van der Waals surface area contributed by atoms with Gasteiger partial charge in [-0.3, -0.25) is 0 Å². The third kappa shape index (κ3) is 4.65. The molecule has 0 aromatic heterocycles. The van der Waals surface area contributed by atoms with Crippen molar-refractivity contribution < 1.29 is 9.84 Å². The van der Waals surface area contributed by atoms with Crippen LogP contribution in [0.25, 0.3) is 27.6 Å². The first-order chi connectivity index (χ1) is 13.2. The summed E-state index contributed by atoms with van der Waals surface area (Å²) < 4.78 is 5.39. The second kappa shape index (κ2) is 9.50. The van der Waals surface area contributed by atoms with Crippen molar-refractivity contribution in [2.45, 2.75) is 39.4 Å². The summed E-state index contributed by atoms with van der Waals surface area (Å²) in [6, 6.07) is 15.4. The Balaban J connectivity index is 1.86. The smallest absolute Gasteiger partial charge is 0.174 e. The molecular formula is C25H28O2. The molecule has 0 heterocycles. The van der Waals surface area contributed by atoms with Gasteiger partial charge in [0, 0.05) is 0 Å². The van der Waals surface area contributed by atoms with Crippen LogP contribution in [0.3, 0.4) is 0 Å². The van der Waals surface area contributed by atoms with Crippen LogP contribution in [0.4, 0.5) is 0 Å². The first kappa shape index (κ1) is 19.3. The van der Waals surface area contributed by atoms with Crippen LogP contribution in [0, 0.1) is 0 Å². The summed E-state index contributed by atoms with van der Waals surface area (Å²) >= 11 is 0. The van der Waals surface area contributed by atoms with Gasteiger partial charge in [-0.25, -0.2) is 0 Å². The third-order valence-electron chi connectivity index (χ3n) is 4.84. The number of aliphatic hydroxyl groups is 1. The first-order valence-corrected chi connectivity index (χ1v) is 9.73. The predicted octanol–water partition coefficient (Wildman–Crippen LogP) is 5.30. The number of aliphatic hydroxyl groups excluding tert-OH is 1. The van der Waals surface area contributed by atoms with E-state index in [1.807, 2.05) is 13.8 Å². The zero-order chi connectivity index (χ0) is 19.1. The fourth-order valence-corrected chi connectivity index (χ4v) is 3.59. The second-order valence-electron chi connectivity index (χ2n) is 6.77. The van der Waals surface area contributed by atoms with Crippen LogP contribution >= 0.6 is 0 Å². The lowest BCUT2D eigenvalue weighted by Gasteiger charge is -2.12. The van der Waals surface area contributed by atoms with Gasteiger partial charge >= 0.3 is 0 Å². The first-order valence-electron chi connectivity index (χ1n) is 9.73. The van der Waals surface area contributed by atoms with E-state index < -0.39 is 6.29 Å². The maximum Gasteiger partial charge on any atom is 0.174 e. The molecule has 2 heteroatoms. The number of benzene rings is 3. The largest absolute Gasteiger partial charge is 0.365 e. The molecule has 1 atom stereocenters. The highest BCUT2D eigenvalue weighted by atomic mass is 16.6. The van der Waals surface area contributed by atoms with Crippen molar-refractivity contribution in [2.75, 3.05) is 6.61 Å². The maximum atomic E-state index is 9.59. The molecule has 0 amide bonds.